The largest absolute Gasteiger partial charge is 0.483 e. The molecule has 0 saturated heterocycles. The molecule has 0 saturated carbocycles. The predicted molar refractivity (Wildman–Crippen MR) is 106 cm³/mol. The third-order valence-electron chi connectivity index (χ3n) is 4.40. The molecule has 2 aromatic carbocycles. The van der Waals surface area contributed by atoms with E-state index in [2.05, 4.69) is 5.32 Å². The maximum absolute atomic E-state index is 12.2. The molecule has 2 aromatic rings. The summed E-state index contributed by atoms with van der Waals surface area (Å²) in [6.07, 6.45) is -0.158. The second kappa shape index (κ2) is 7.92. The fourth-order valence-electron chi connectivity index (χ4n) is 3.00. The van der Waals surface area contributed by atoms with E-state index in [9.17, 15) is 9.59 Å². The van der Waals surface area contributed by atoms with Gasteiger partial charge in [0.05, 0.1) is 0 Å². The summed E-state index contributed by atoms with van der Waals surface area (Å²) in [4.78, 5) is 24.3. The molecule has 148 valence electrons. The Bertz CT molecular complexity index is 873. The highest BCUT2D eigenvalue weighted by molar-refractivity contribution is 5.95. The Morgan fingerprint density at radius 3 is 2.61 bits per heavy atom. The van der Waals surface area contributed by atoms with Crippen LogP contribution in [0.2, 0.25) is 0 Å². The summed E-state index contributed by atoms with van der Waals surface area (Å²) < 4.78 is 16.7. The molecule has 1 N–H and O–H groups in total. The van der Waals surface area contributed by atoms with Crippen LogP contribution in [0.25, 0.3) is 0 Å². The SMILES string of the molecule is Cc1ccc(NC(=O)[C@H](C)OC(=O)COc2cccc3c2OC(C)(C)C3)cc1. The van der Waals surface area contributed by atoms with Crippen LogP contribution >= 0.6 is 0 Å². The lowest BCUT2D eigenvalue weighted by molar-refractivity contribution is -0.155. The highest BCUT2D eigenvalue weighted by Crippen LogP contribution is 2.41. The lowest BCUT2D eigenvalue weighted by Gasteiger charge is -2.18. The molecule has 6 heteroatoms. The average molecular weight is 383 g/mol. The van der Waals surface area contributed by atoms with E-state index in [1.54, 1.807) is 18.2 Å². The molecular weight excluding hydrogens is 358 g/mol. The minimum atomic E-state index is -0.936. The number of fused-ring (bicyclic) bond motifs is 1. The van der Waals surface area contributed by atoms with Crippen LogP contribution in [0, 0.1) is 6.92 Å². The number of ether oxygens (including phenoxy) is 3. The van der Waals surface area contributed by atoms with Gasteiger partial charge in [0.1, 0.15) is 5.60 Å². The number of para-hydroxylation sites is 1. The molecule has 6 nitrogen and oxygen atoms in total. The maximum Gasteiger partial charge on any atom is 0.344 e. The molecule has 1 aliphatic rings. The van der Waals surface area contributed by atoms with E-state index < -0.39 is 18.0 Å². The molecule has 3 rings (SSSR count). The Morgan fingerprint density at radius 1 is 1.18 bits per heavy atom. The van der Waals surface area contributed by atoms with Crippen LogP contribution in [0.4, 0.5) is 5.69 Å². The molecular formula is C22H25NO5. The molecule has 0 fully saturated rings. The zero-order chi connectivity index (χ0) is 20.3. The number of aryl methyl sites for hydroxylation is 1. The van der Waals surface area contributed by atoms with Crippen LogP contribution in [0.15, 0.2) is 42.5 Å². The Balaban J connectivity index is 1.51. The number of esters is 1. The average Bonchev–Trinajstić information content (AvgIpc) is 2.96. The van der Waals surface area contributed by atoms with Crippen molar-refractivity contribution >= 4 is 17.6 Å². The fourth-order valence-corrected chi connectivity index (χ4v) is 3.00. The summed E-state index contributed by atoms with van der Waals surface area (Å²) in [7, 11) is 0. The summed E-state index contributed by atoms with van der Waals surface area (Å²) in [5.41, 5.74) is 2.48. The van der Waals surface area contributed by atoms with Crippen molar-refractivity contribution in [3.8, 4) is 11.5 Å². The Morgan fingerprint density at radius 2 is 1.89 bits per heavy atom. The van der Waals surface area contributed by atoms with Gasteiger partial charge in [-0.25, -0.2) is 4.79 Å². The van der Waals surface area contributed by atoms with Crippen LogP contribution in [0.3, 0.4) is 0 Å². The molecule has 1 amide bonds. The Labute approximate surface area is 164 Å². The van der Waals surface area contributed by atoms with E-state index in [4.69, 9.17) is 14.2 Å². The van der Waals surface area contributed by atoms with Gasteiger partial charge in [0.25, 0.3) is 5.91 Å². The van der Waals surface area contributed by atoms with Crippen LogP contribution in [-0.4, -0.2) is 30.2 Å². The lowest BCUT2D eigenvalue weighted by atomic mass is 10.0. The number of benzene rings is 2. The van der Waals surface area contributed by atoms with Gasteiger partial charge in [-0.2, -0.15) is 0 Å². The molecule has 0 aliphatic carbocycles. The van der Waals surface area contributed by atoms with Gasteiger partial charge in [0, 0.05) is 17.7 Å². The predicted octanol–water partition coefficient (Wildman–Crippen LogP) is 3.66. The maximum atomic E-state index is 12.2. The topological polar surface area (TPSA) is 73.9 Å². The summed E-state index contributed by atoms with van der Waals surface area (Å²) in [6.45, 7) is 7.18. The van der Waals surface area contributed by atoms with Crippen LogP contribution < -0.4 is 14.8 Å². The van der Waals surface area contributed by atoms with Gasteiger partial charge in [0.2, 0.25) is 0 Å². The highest BCUT2D eigenvalue weighted by atomic mass is 16.6. The lowest BCUT2D eigenvalue weighted by Crippen LogP contribution is -2.31. The van der Waals surface area contributed by atoms with Crippen molar-refractivity contribution in [3.63, 3.8) is 0 Å². The quantitative estimate of drug-likeness (QED) is 0.771. The van der Waals surface area contributed by atoms with Gasteiger partial charge in [-0.05, 0) is 45.9 Å². The minimum absolute atomic E-state index is 0.301. The molecule has 0 aromatic heterocycles. The van der Waals surface area contributed by atoms with E-state index >= 15 is 0 Å². The van der Waals surface area contributed by atoms with Crippen molar-refractivity contribution in [2.75, 3.05) is 11.9 Å². The molecule has 1 aliphatic heterocycles. The van der Waals surface area contributed by atoms with E-state index in [0.29, 0.717) is 17.2 Å². The zero-order valence-corrected chi connectivity index (χ0v) is 16.6. The van der Waals surface area contributed by atoms with E-state index in [1.807, 2.05) is 45.0 Å². The first-order valence-electron chi connectivity index (χ1n) is 9.24. The minimum Gasteiger partial charge on any atom is -0.483 e. The third kappa shape index (κ3) is 4.82. The normalized spacial score (nSPS) is 15.1. The van der Waals surface area contributed by atoms with Crippen LogP contribution in [0.1, 0.15) is 31.9 Å². The van der Waals surface area contributed by atoms with E-state index in [0.717, 1.165) is 17.5 Å². The standard InChI is InChI=1S/C22H25NO5/c1-14-8-10-17(11-9-14)23-21(25)15(2)27-19(24)13-26-18-7-5-6-16-12-22(3,4)28-20(16)18/h5-11,15H,12-13H2,1-4H3,(H,23,25)/t15-/m0/s1. The number of hydrogen-bond donors (Lipinski definition) is 1. The first-order chi connectivity index (χ1) is 13.2. The van der Waals surface area contributed by atoms with Gasteiger partial charge in [-0.3, -0.25) is 4.79 Å². The van der Waals surface area contributed by atoms with E-state index in [-0.39, 0.29) is 12.2 Å². The first-order valence-corrected chi connectivity index (χ1v) is 9.24. The van der Waals surface area contributed by atoms with Gasteiger partial charge < -0.3 is 19.5 Å². The number of amides is 1. The van der Waals surface area contributed by atoms with Gasteiger partial charge in [-0.15, -0.1) is 0 Å². The number of carbonyl (C=O) groups is 2. The third-order valence-corrected chi connectivity index (χ3v) is 4.40. The zero-order valence-electron chi connectivity index (χ0n) is 16.6. The van der Waals surface area contributed by atoms with Crippen molar-refractivity contribution in [1.29, 1.82) is 0 Å². The Kier molecular flexibility index (Phi) is 5.58. The van der Waals surface area contributed by atoms with Crippen molar-refractivity contribution in [1.82, 2.24) is 0 Å². The smallest absolute Gasteiger partial charge is 0.344 e. The van der Waals surface area contributed by atoms with Gasteiger partial charge in [-0.1, -0.05) is 29.8 Å². The summed E-state index contributed by atoms with van der Waals surface area (Å²) in [5.74, 6) is 0.131. The fraction of sp³-hybridized carbons (Fsp3) is 0.364. The molecule has 0 radical (unpaired) electrons. The van der Waals surface area contributed by atoms with Crippen molar-refractivity contribution in [3.05, 3.63) is 53.6 Å². The molecule has 28 heavy (non-hydrogen) atoms. The van der Waals surface area contributed by atoms with Crippen molar-refractivity contribution in [2.24, 2.45) is 0 Å². The number of anilines is 1. The van der Waals surface area contributed by atoms with Gasteiger partial charge >= 0.3 is 5.97 Å². The highest BCUT2D eigenvalue weighted by Gasteiger charge is 2.32. The van der Waals surface area contributed by atoms with Crippen molar-refractivity contribution in [2.45, 2.75) is 45.8 Å². The summed E-state index contributed by atoms with van der Waals surface area (Å²) in [5, 5.41) is 2.71. The summed E-state index contributed by atoms with van der Waals surface area (Å²) in [6, 6.07) is 13.0. The van der Waals surface area contributed by atoms with Crippen LogP contribution in [-0.2, 0) is 20.7 Å². The number of hydrogen-bond acceptors (Lipinski definition) is 5. The number of nitrogens with one attached hydrogen (secondary N) is 1. The molecule has 0 spiro atoms. The van der Waals surface area contributed by atoms with Gasteiger partial charge in [0.15, 0.2) is 24.2 Å². The second-order valence-corrected chi connectivity index (χ2v) is 7.56. The summed E-state index contributed by atoms with van der Waals surface area (Å²) >= 11 is 0. The first kappa shape index (κ1) is 19.7. The monoisotopic (exact) mass is 383 g/mol. The van der Waals surface area contributed by atoms with Crippen molar-refractivity contribution < 1.29 is 23.8 Å². The second-order valence-electron chi connectivity index (χ2n) is 7.56. The number of rotatable bonds is 6. The van der Waals surface area contributed by atoms with Crippen LogP contribution in [0.5, 0.6) is 11.5 Å². The molecule has 1 heterocycles. The number of carbonyl (C=O) groups excluding carboxylic acids is 2. The molecule has 0 unspecified atom stereocenters. The Hall–Kier alpha value is -3.02. The molecule has 1 atom stereocenters. The molecule has 0 bridgehead atoms. The van der Waals surface area contributed by atoms with E-state index in [1.165, 1.54) is 6.92 Å².